The van der Waals surface area contributed by atoms with Gasteiger partial charge in [-0.25, -0.2) is 9.48 Å². The van der Waals surface area contributed by atoms with Crippen molar-refractivity contribution in [3.63, 3.8) is 0 Å². The van der Waals surface area contributed by atoms with Crippen LogP contribution < -0.4 is 5.32 Å². The van der Waals surface area contributed by atoms with E-state index in [1.54, 1.807) is 6.20 Å². The summed E-state index contributed by atoms with van der Waals surface area (Å²) in [6, 6.07) is 2.23. The molecule has 0 radical (unpaired) electrons. The lowest BCUT2D eigenvalue weighted by atomic mass is 9.94. The molecule has 126 valence electrons. The molecule has 0 aromatic carbocycles. The molecule has 2 aliphatic rings. The molecule has 1 aliphatic heterocycles. The van der Waals surface area contributed by atoms with Crippen molar-refractivity contribution < 1.29 is 4.79 Å². The number of aromatic nitrogens is 2. The molecule has 1 fully saturated rings. The highest BCUT2D eigenvalue weighted by Crippen LogP contribution is 2.23. The van der Waals surface area contributed by atoms with Gasteiger partial charge in [0.1, 0.15) is 5.82 Å². The summed E-state index contributed by atoms with van der Waals surface area (Å²) in [5, 5.41) is 7.43. The van der Waals surface area contributed by atoms with Gasteiger partial charge in [0, 0.05) is 25.7 Å². The second kappa shape index (κ2) is 7.90. The van der Waals surface area contributed by atoms with Crippen LogP contribution in [-0.4, -0.2) is 45.3 Å². The number of amides is 2. The normalized spacial score (nSPS) is 22.0. The van der Waals surface area contributed by atoms with E-state index in [1.165, 1.54) is 6.42 Å². The minimum atomic E-state index is -0.0211. The summed E-state index contributed by atoms with van der Waals surface area (Å²) < 4.78 is 1.94. The molecule has 0 spiro atoms. The zero-order chi connectivity index (χ0) is 16.1. The van der Waals surface area contributed by atoms with E-state index < -0.39 is 0 Å². The van der Waals surface area contributed by atoms with Crippen molar-refractivity contribution in [2.45, 2.75) is 44.7 Å². The largest absolute Gasteiger partial charge is 0.325 e. The first-order valence-electron chi connectivity index (χ1n) is 8.52. The SMILES string of the molecule is CN(C(=O)Nc1ccnn1C[C@H]1CC=CCC1)C1CCSCC1. The molecule has 1 atom stereocenters. The second-order valence-electron chi connectivity index (χ2n) is 6.43. The zero-order valence-corrected chi connectivity index (χ0v) is 14.6. The van der Waals surface area contributed by atoms with E-state index in [9.17, 15) is 4.79 Å². The fourth-order valence-electron chi connectivity index (χ4n) is 3.29. The van der Waals surface area contributed by atoms with E-state index >= 15 is 0 Å². The van der Waals surface area contributed by atoms with Gasteiger partial charge in [-0.15, -0.1) is 0 Å². The van der Waals surface area contributed by atoms with Gasteiger partial charge in [-0.3, -0.25) is 5.32 Å². The number of thioether (sulfide) groups is 1. The van der Waals surface area contributed by atoms with Crippen molar-refractivity contribution in [1.29, 1.82) is 0 Å². The van der Waals surface area contributed by atoms with E-state index in [4.69, 9.17) is 0 Å². The van der Waals surface area contributed by atoms with Crippen LogP contribution in [0.2, 0.25) is 0 Å². The third kappa shape index (κ3) is 4.31. The van der Waals surface area contributed by atoms with E-state index in [0.717, 1.165) is 49.6 Å². The Bertz CT molecular complexity index is 551. The number of anilines is 1. The molecule has 2 heterocycles. The van der Waals surface area contributed by atoms with Crippen molar-refractivity contribution >= 4 is 23.6 Å². The minimum Gasteiger partial charge on any atom is -0.325 e. The smallest absolute Gasteiger partial charge is 0.322 e. The Hall–Kier alpha value is -1.43. The summed E-state index contributed by atoms with van der Waals surface area (Å²) in [6.45, 7) is 0.872. The minimum absolute atomic E-state index is 0.0211. The highest BCUT2D eigenvalue weighted by Gasteiger charge is 2.23. The molecule has 3 rings (SSSR count). The van der Waals surface area contributed by atoms with E-state index in [-0.39, 0.29) is 6.03 Å². The van der Waals surface area contributed by atoms with Crippen molar-refractivity contribution in [2.24, 2.45) is 5.92 Å². The standard InChI is InChI=1S/C17H26N4OS/c1-20(15-8-11-23-12-9-15)17(22)19-16-7-10-18-21(16)13-14-5-3-2-4-6-14/h2-3,7,10,14-15H,4-6,8-9,11-13H2,1H3,(H,19,22)/t14-/m0/s1. The topological polar surface area (TPSA) is 50.2 Å². The molecular weight excluding hydrogens is 308 g/mol. The lowest BCUT2D eigenvalue weighted by Crippen LogP contribution is -2.42. The summed E-state index contributed by atoms with van der Waals surface area (Å²) in [5.41, 5.74) is 0. The predicted molar refractivity (Wildman–Crippen MR) is 95.8 cm³/mol. The average Bonchev–Trinajstić information content (AvgIpc) is 3.02. The number of urea groups is 1. The lowest BCUT2D eigenvalue weighted by Gasteiger charge is -2.31. The van der Waals surface area contributed by atoms with Crippen molar-refractivity contribution in [1.82, 2.24) is 14.7 Å². The van der Waals surface area contributed by atoms with Gasteiger partial charge in [0.2, 0.25) is 0 Å². The predicted octanol–water partition coefficient (Wildman–Crippen LogP) is 3.60. The van der Waals surface area contributed by atoms with E-state index in [2.05, 4.69) is 22.6 Å². The number of nitrogens with zero attached hydrogens (tertiary/aromatic N) is 3. The van der Waals surface area contributed by atoms with Crippen LogP contribution in [0, 0.1) is 5.92 Å². The molecule has 1 aromatic rings. The summed E-state index contributed by atoms with van der Waals surface area (Å²) in [7, 11) is 1.91. The molecule has 2 amide bonds. The van der Waals surface area contributed by atoms with Crippen LogP contribution in [0.4, 0.5) is 10.6 Å². The van der Waals surface area contributed by atoms with Crippen LogP contribution in [-0.2, 0) is 6.54 Å². The van der Waals surface area contributed by atoms with Gasteiger partial charge in [-0.05, 0) is 49.5 Å². The Labute approximate surface area is 142 Å². The van der Waals surface area contributed by atoms with Gasteiger partial charge < -0.3 is 4.90 Å². The van der Waals surface area contributed by atoms with Crippen molar-refractivity contribution in [2.75, 3.05) is 23.9 Å². The zero-order valence-electron chi connectivity index (χ0n) is 13.8. The fourth-order valence-corrected chi connectivity index (χ4v) is 4.37. The number of nitrogens with one attached hydrogen (secondary N) is 1. The number of allylic oxidation sites excluding steroid dienone is 2. The van der Waals surface area contributed by atoms with Crippen LogP contribution in [0.3, 0.4) is 0 Å². The number of hydrogen-bond acceptors (Lipinski definition) is 3. The number of carbonyl (C=O) groups is 1. The van der Waals surface area contributed by atoms with Gasteiger partial charge in [0.15, 0.2) is 0 Å². The molecule has 1 aromatic heterocycles. The summed E-state index contributed by atoms with van der Waals surface area (Å²) >= 11 is 1.98. The molecule has 0 bridgehead atoms. The van der Waals surface area contributed by atoms with Crippen LogP contribution >= 0.6 is 11.8 Å². The maximum Gasteiger partial charge on any atom is 0.322 e. The van der Waals surface area contributed by atoms with Gasteiger partial charge in [0.05, 0.1) is 6.20 Å². The molecule has 1 aliphatic carbocycles. The second-order valence-corrected chi connectivity index (χ2v) is 7.66. The highest BCUT2D eigenvalue weighted by molar-refractivity contribution is 7.99. The lowest BCUT2D eigenvalue weighted by molar-refractivity contribution is 0.200. The summed E-state index contributed by atoms with van der Waals surface area (Å²) in [5.74, 6) is 3.72. The van der Waals surface area contributed by atoms with E-state index in [1.807, 2.05) is 34.5 Å². The van der Waals surface area contributed by atoms with Crippen LogP contribution in [0.25, 0.3) is 0 Å². The first-order valence-corrected chi connectivity index (χ1v) is 9.68. The third-order valence-corrected chi connectivity index (χ3v) is 5.87. The Morgan fingerprint density at radius 1 is 1.39 bits per heavy atom. The Kier molecular flexibility index (Phi) is 5.65. The van der Waals surface area contributed by atoms with E-state index in [0.29, 0.717) is 12.0 Å². The average molecular weight is 334 g/mol. The molecule has 0 saturated carbocycles. The maximum atomic E-state index is 12.5. The molecule has 6 heteroatoms. The van der Waals surface area contributed by atoms with Gasteiger partial charge in [-0.1, -0.05) is 12.2 Å². The Balaban J connectivity index is 1.58. The summed E-state index contributed by atoms with van der Waals surface area (Å²) in [6.07, 6.45) is 11.9. The number of rotatable bonds is 4. The first kappa shape index (κ1) is 16.4. The third-order valence-electron chi connectivity index (χ3n) is 4.82. The monoisotopic (exact) mass is 334 g/mol. The number of carbonyl (C=O) groups excluding carboxylic acids is 1. The molecule has 1 saturated heterocycles. The van der Waals surface area contributed by atoms with Gasteiger partial charge >= 0.3 is 6.03 Å². The van der Waals surface area contributed by atoms with Crippen molar-refractivity contribution in [3.05, 3.63) is 24.4 Å². The Morgan fingerprint density at radius 3 is 2.96 bits per heavy atom. The highest BCUT2D eigenvalue weighted by atomic mass is 32.2. The number of hydrogen-bond donors (Lipinski definition) is 1. The van der Waals surface area contributed by atoms with Gasteiger partial charge in [0.25, 0.3) is 0 Å². The van der Waals surface area contributed by atoms with Crippen LogP contribution in [0.5, 0.6) is 0 Å². The molecule has 23 heavy (non-hydrogen) atoms. The molecule has 1 N–H and O–H groups in total. The fraction of sp³-hybridized carbons (Fsp3) is 0.647. The quantitative estimate of drug-likeness (QED) is 0.856. The summed E-state index contributed by atoms with van der Waals surface area (Å²) in [4.78, 5) is 14.4. The van der Waals surface area contributed by atoms with Crippen LogP contribution in [0.1, 0.15) is 32.1 Å². The molecule has 0 unspecified atom stereocenters. The van der Waals surface area contributed by atoms with Crippen molar-refractivity contribution in [3.8, 4) is 0 Å². The molecule has 5 nitrogen and oxygen atoms in total. The maximum absolute atomic E-state index is 12.5. The molecular formula is C17H26N4OS. The first-order chi connectivity index (χ1) is 11.2. The van der Waals surface area contributed by atoms with Gasteiger partial charge in [-0.2, -0.15) is 16.9 Å². The Morgan fingerprint density at radius 2 is 2.22 bits per heavy atom. The van der Waals surface area contributed by atoms with Crippen LogP contribution in [0.15, 0.2) is 24.4 Å².